The second kappa shape index (κ2) is 9.37. The zero-order valence-corrected chi connectivity index (χ0v) is 15.8. The number of non-ortho nitro benzene ring substituents is 1. The molecule has 0 aromatic heterocycles. The van der Waals surface area contributed by atoms with Crippen molar-refractivity contribution in [1.29, 1.82) is 5.26 Å². The lowest BCUT2D eigenvalue weighted by Crippen LogP contribution is -2.50. The molecule has 0 bridgehead atoms. The number of thioether (sulfide) groups is 1. The third-order valence-corrected chi connectivity index (χ3v) is 5.43. The number of carbonyl (C=O) groups excluding carboxylic acids is 2. The Balaban J connectivity index is 1.81. The maximum atomic E-state index is 12.1. The maximum absolute atomic E-state index is 12.1. The summed E-state index contributed by atoms with van der Waals surface area (Å²) >= 11 is 1.18. The molecule has 0 unspecified atom stereocenters. The number of hydrogen-bond donors (Lipinski definition) is 1. The fraction of sp³-hybridized carbons (Fsp3) is 0.500. The molecule has 0 saturated heterocycles. The van der Waals surface area contributed by atoms with Gasteiger partial charge < -0.3 is 10.1 Å². The number of ether oxygens (including phenoxy) is 1. The van der Waals surface area contributed by atoms with Crippen molar-refractivity contribution in [1.82, 2.24) is 5.32 Å². The average Bonchev–Trinajstić information content (AvgIpc) is 2.67. The Morgan fingerprint density at radius 2 is 1.96 bits per heavy atom. The summed E-state index contributed by atoms with van der Waals surface area (Å²) in [4.78, 5) is 35.0. The van der Waals surface area contributed by atoms with Gasteiger partial charge >= 0.3 is 5.97 Å². The van der Waals surface area contributed by atoms with Crippen molar-refractivity contribution in [2.45, 2.75) is 54.7 Å². The van der Waals surface area contributed by atoms with E-state index in [1.54, 1.807) is 19.1 Å². The van der Waals surface area contributed by atoms with Gasteiger partial charge in [0.05, 0.1) is 11.0 Å². The van der Waals surface area contributed by atoms with Crippen molar-refractivity contribution in [2.24, 2.45) is 0 Å². The van der Waals surface area contributed by atoms with Gasteiger partial charge in [-0.2, -0.15) is 5.26 Å². The zero-order chi connectivity index (χ0) is 19.9. The van der Waals surface area contributed by atoms with Gasteiger partial charge in [0.1, 0.15) is 10.8 Å². The summed E-state index contributed by atoms with van der Waals surface area (Å²) < 4.78 is 5.04. The van der Waals surface area contributed by atoms with E-state index in [2.05, 4.69) is 11.4 Å². The minimum atomic E-state index is -0.860. The number of carbonyl (C=O) groups is 2. The molecular weight excluding hydrogens is 370 g/mol. The first kappa shape index (κ1) is 20.7. The van der Waals surface area contributed by atoms with Crippen LogP contribution in [0.2, 0.25) is 0 Å². The number of hydrogen-bond acceptors (Lipinski definition) is 7. The number of benzene rings is 1. The van der Waals surface area contributed by atoms with Crippen molar-refractivity contribution >= 4 is 29.3 Å². The number of nitriles is 1. The highest BCUT2D eigenvalue weighted by Crippen LogP contribution is 2.28. The van der Waals surface area contributed by atoms with Crippen molar-refractivity contribution in [2.75, 3.05) is 6.61 Å². The van der Waals surface area contributed by atoms with Crippen molar-refractivity contribution < 1.29 is 19.2 Å². The normalized spacial score (nSPS) is 16.6. The van der Waals surface area contributed by atoms with Gasteiger partial charge in [0.2, 0.25) is 0 Å². The molecule has 0 aliphatic heterocycles. The first-order valence-electron chi connectivity index (χ1n) is 8.65. The van der Waals surface area contributed by atoms with Gasteiger partial charge in [0.15, 0.2) is 6.61 Å². The molecular formula is C18H21N3O5S. The third-order valence-electron chi connectivity index (χ3n) is 4.34. The second-order valence-electron chi connectivity index (χ2n) is 6.42. The van der Waals surface area contributed by atoms with Crippen LogP contribution in [0.15, 0.2) is 29.2 Å². The molecule has 0 heterocycles. The average molecular weight is 391 g/mol. The van der Waals surface area contributed by atoms with Gasteiger partial charge in [-0.15, -0.1) is 11.8 Å². The summed E-state index contributed by atoms with van der Waals surface area (Å²) in [7, 11) is 0. The van der Waals surface area contributed by atoms with Crippen LogP contribution in [-0.4, -0.2) is 34.2 Å². The van der Waals surface area contributed by atoms with E-state index in [1.165, 1.54) is 23.9 Å². The Labute approximate surface area is 161 Å². The van der Waals surface area contributed by atoms with Crippen LogP contribution < -0.4 is 5.32 Å². The lowest BCUT2D eigenvalue weighted by atomic mass is 9.83. The SMILES string of the molecule is C[C@@H](Sc1ccc([N+](=O)[O-])cc1)C(=O)OCC(=O)NC1(C#N)CCCCC1. The molecule has 2 rings (SSSR count). The minimum absolute atomic E-state index is 0.0274. The van der Waals surface area contributed by atoms with Crippen molar-refractivity contribution in [3.63, 3.8) is 0 Å². The molecule has 1 atom stereocenters. The highest BCUT2D eigenvalue weighted by atomic mass is 32.2. The second-order valence-corrected chi connectivity index (χ2v) is 7.84. The molecule has 1 fully saturated rings. The van der Waals surface area contributed by atoms with Crippen LogP contribution in [-0.2, 0) is 14.3 Å². The Hall–Kier alpha value is -2.60. The van der Waals surface area contributed by atoms with Gasteiger partial charge in [-0.3, -0.25) is 19.7 Å². The summed E-state index contributed by atoms with van der Waals surface area (Å²) in [6, 6.07) is 8.01. The number of nitro groups is 1. The van der Waals surface area contributed by atoms with Crippen LogP contribution >= 0.6 is 11.8 Å². The first-order chi connectivity index (χ1) is 12.8. The minimum Gasteiger partial charge on any atom is -0.455 e. The molecule has 144 valence electrons. The predicted octanol–water partition coefficient (Wildman–Crippen LogP) is 2.96. The van der Waals surface area contributed by atoms with Crippen molar-refractivity contribution in [3.8, 4) is 6.07 Å². The molecule has 1 aliphatic rings. The van der Waals surface area contributed by atoms with Crippen LogP contribution in [0.3, 0.4) is 0 Å². The van der Waals surface area contributed by atoms with Gasteiger partial charge in [0.25, 0.3) is 11.6 Å². The zero-order valence-electron chi connectivity index (χ0n) is 15.0. The van der Waals surface area contributed by atoms with Gasteiger partial charge in [-0.25, -0.2) is 0 Å². The molecule has 0 radical (unpaired) electrons. The van der Waals surface area contributed by atoms with Crippen LogP contribution in [0.25, 0.3) is 0 Å². The quantitative estimate of drug-likeness (QED) is 0.328. The topological polar surface area (TPSA) is 122 Å². The molecule has 1 saturated carbocycles. The van der Waals surface area contributed by atoms with Gasteiger partial charge in [-0.1, -0.05) is 19.3 Å². The van der Waals surface area contributed by atoms with E-state index in [4.69, 9.17) is 4.74 Å². The Morgan fingerprint density at radius 3 is 2.52 bits per heavy atom. The van der Waals surface area contributed by atoms with Crippen LogP contribution in [0, 0.1) is 21.4 Å². The van der Waals surface area contributed by atoms with Crippen molar-refractivity contribution in [3.05, 3.63) is 34.4 Å². The van der Waals surface area contributed by atoms with E-state index in [1.807, 2.05) is 0 Å². The van der Waals surface area contributed by atoms with Gasteiger partial charge in [-0.05, 0) is 31.9 Å². The van der Waals surface area contributed by atoms with E-state index in [0.29, 0.717) is 17.7 Å². The van der Waals surface area contributed by atoms with Crippen LogP contribution in [0.1, 0.15) is 39.0 Å². The Morgan fingerprint density at radius 1 is 1.33 bits per heavy atom. The molecule has 9 heteroatoms. The number of nitro benzene ring substituents is 1. The molecule has 1 N–H and O–H groups in total. The molecule has 1 aromatic carbocycles. The molecule has 0 spiro atoms. The number of amides is 1. The number of nitrogens with zero attached hydrogens (tertiary/aromatic N) is 2. The first-order valence-corrected chi connectivity index (χ1v) is 9.53. The summed E-state index contributed by atoms with van der Waals surface area (Å²) in [6.45, 7) is 1.19. The summed E-state index contributed by atoms with van der Waals surface area (Å²) in [5, 5.41) is 22.1. The summed E-state index contributed by atoms with van der Waals surface area (Å²) in [5.41, 5.74) is -0.888. The Kier molecular flexibility index (Phi) is 7.19. The van der Waals surface area contributed by atoms with Crippen LogP contribution in [0.4, 0.5) is 5.69 Å². The fourth-order valence-corrected chi connectivity index (χ4v) is 3.74. The fourth-order valence-electron chi connectivity index (χ4n) is 2.88. The number of nitrogens with one attached hydrogen (secondary N) is 1. The third kappa shape index (κ3) is 5.96. The van der Waals surface area contributed by atoms with E-state index in [0.717, 1.165) is 19.3 Å². The largest absolute Gasteiger partial charge is 0.455 e. The number of rotatable bonds is 7. The molecule has 1 amide bonds. The standard InChI is InChI=1S/C18H21N3O5S/c1-13(27-15-7-5-14(6-8-15)21(24)25)17(23)26-11-16(22)20-18(12-19)9-3-2-4-10-18/h5-8,13H,2-4,9-11H2,1H3,(H,20,22)/t13-/m1/s1. The van der Waals surface area contributed by atoms with E-state index >= 15 is 0 Å². The summed E-state index contributed by atoms with van der Waals surface area (Å²) in [5.74, 6) is -1.05. The maximum Gasteiger partial charge on any atom is 0.319 e. The molecule has 1 aromatic rings. The van der Waals surface area contributed by atoms with Gasteiger partial charge in [0, 0.05) is 17.0 Å². The van der Waals surface area contributed by atoms with Crippen LogP contribution in [0.5, 0.6) is 0 Å². The lowest BCUT2D eigenvalue weighted by molar-refractivity contribution is -0.384. The monoisotopic (exact) mass is 391 g/mol. The van der Waals surface area contributed by atoms with E-state index in [9.17, 15) is 25.0 Å². The number of esters is 1. The molecule has 8 nitrogen and oxygen atoms in total. The Bertz CT molecular complexity index is 738. The molecule has 1 aliphatic carbocycles. The highest BCUT2D eigenvalue weighted by molar-refractivity contribution is 8.00. The highest BCUT2D eigenvalue weighted by Gasteiger charge is 2.33. The lowest BCUT2D eigenvalue weighted by Gasteiger charge is -2.31. The predicted molar refractivity (Wildman–Crippen MR) is 98.9 cm³/mol. The molecule has 27 heavy (non-hydrogen) atoms. The van der Waals surface area contributed by atoms with E-state index < -0.39 is 34.2 Å². The van der Waals surface area contributed by atoms with E-state index in [-0.39, 0.29) is 5.69 Å². The summed E-state index contributed by atoms with van der Waals surface area (Å²) in [6.07, 6.45) is 4.03. The smallest absolute Gasteiger partial charge is 0.319 e.